The first-order chi connectivity index (χ1) is 9.38. The van der Waals surface area contributed by atoms with E-state index < -0.39 is 10.0 Å². The fourth-order valence-electron chi connectivity index (χ4n) is 2.59. The number of nitrogens with one attached hydrogen (secondary N) is 1. The van der Waals surface area contributed by atoms with Crippen LogP contribution in [0.3, 0.4) is 0 Å². The first kappa shape index (κ1) is 15.4. The van der Waals surface area contributed by atoms with Crippen molar-refractivity contribution in [1.29, 1.82) is 0 Å². The van der Waals surface area contributed by atoms with Gasteiger partial charge in [-0.2, -0.15) is 0 Å². The van der Waals surface area contributed by atoms with Crippen LogP contribution in [-0.2, 0) is 16.6 Å². The van der Waals surface area contributed by atoms with Gasteiger partial charge in [0.15, 0.2) is 0 Å². The highest BCUT2D eigenvalue weighted by atomic mass is 32.2. The molecule has 1 heterocycles. The van der Waals surface area contributed by atoms with Gasteiger partial charge in [0, 0.05) is 31.2 Å². The Kier molecular flexibility index (Phi) is 4.78. The molecule has 112 valence electrons. The molecular weight excluding hydrogens is 279 g/mol. The van der Waals surface area contributed by atoms with Gasteiger partial charge in [0.1, 0.15) is 5.82 Å². The van der Waals surface area contributed by atoms with Gasteiger partial charge in [0.25, 0.3) is 0 Å². The molecule has 1 aliphatic heterocycles. The number of rotatable bonds is 4. The lowest BCUT2D eigenvalue weighted by molar-refractivity contribution is 0.219. The monoisotopic (exact) mass is 300 g/mol. The molecule has 0 unspecified atom stereocenters. The number of nitrogens with zero attached hydrogens (tertiary/aromatic N) is 1. The predicted octanol–water partition coefficient (Wildman–Crippen LogP) is 1.59. The highest BCUT2D eigenvalue weighted by Crippen LogP contribution is 2.19. The summed E-state index contributed by atoms with van der Waals surface area (Å²) < 4.78 is 38.1. The average molecular weight is 300 g/mol. The Morgan fingerprint density at radius 1 is 1.40 bits per heavy atom. The third kappa shape index (κ3) is 3.77. The van der Waals surface area contributed by atoms with Gasteiger partial charge in [-0.25, -0.2) is 17.1 Å². The summed E-state index contributed by atoms with van der Waals surface area (Å²) in [5.41, 5.74) is 0.644. The number of hydrogen-bond acceptors (Lipinski definition) is 3. The lowest BCUT2D eigenvalue weighted by Crippen LogP contribution is -2.49. The van der Waals surface area contributed by atoms with Gasteiger partial charge in [-0.3, -0.25) is 0 Å². The maximum Gasteiger partial charge on any atom is 0.211 e. The van der Waals surface area contributed by atoms with Crippen molar-refractivity contribution in [2.75, 3.05) is 19.3 Å². The molecule has 1 aromatic carbocycles. The Morgan fingerprint density at radius 2 is 2.10 bits per heavy atom. The number of piperidine rings is 1. The van der Waals surface area contributed by atoms with Crippen LogP contribution in [0.15, 0.2) is 24.3 Å². The van der Waals surface area contributed by atoms with E-state index >= 15 is 0 Å². The zero-order valence-corrected chi connectivity index (χ0v) is 12.7. The van der Waals surface area contributed by atoms with Crippen LogP contribution in [0.2, 0.25) is 0 Å². The number of benzene rings is 1. The molecule has 0 aromatic heterocycles. The van der Waals surface area contributed by atoms with Crippen molar-refractivity contribution in [3.63, 3.8) is 0 Å². The van der Waals surface area contributed by atoms with Crippen LogP contribution in [0.4, 0.5) is 4.39 Å². The molecule has 0 saturated carbocycles. The third-order valence-corrected chi connectivity index (χ3v) is 5.12. The van der Waals surface area contributed by atoms with E-state index in [4.69, 9.17) is 0 Å². The van der Waals surface area contributed by atoms with Crippen LogP contribution in [0, 0.1) is 11.7 Å². The summed E-state index contributed by atoms with van der Waals surface area (Å²) in [6, 6.07) is 6.92. The van der Waals surface area contributed by atoms with E-state index in [1.807, 2.05) is 13.0 Å². The highest BCUT2D eigenvalue weighted by Gasteiger charge is 2.30. The molecule has 2 rings (SSSR count). The maximum absolute atomic E-state index is 13.5. The van der Waals surface area contributed by atoms with Gasteiger partial charge in [-0.15, -0.1) is 0 Å². The van der Waals surface area contributed by atoms with Crippen molar-refractivity contribution in [3.8, 4) is 0 Å². The SMILES string of the molecule is C[C@@H]1CN(S(C)(=O)=O)CC[C@@H]1NCc1ccccc1F. The fraction of sp³-hybridized carbons (Fsp3) is 0.571. The molecule has 6 heteroatoms. The zero-order valence-electron chi connectivity index (χ0n) is 11.8. The van der Waals surface area contributed by atoms with Crippen molar-refractivity contribution < 1.29 is 12.8 Å². The molecule has 0 spiro atoms. The first-order valence-corrected chi connectivity index (χ1v) is 8.64. The van der Waals surface area contributed by atoms with Crippen molar-refractivity contribution in [3.05, 3.63) is 35.6 Å². The topological polar surface area (TPSA) is 49.4 Å². The van der Waals surface area contributed by atoms with Gasteiger partial charge < -0.3 is 5.32 Å². The Balaban J connectivity index is 1.91. The Morgan fingerprint density at radius 3 is 2.70 bits per heavy atom. The maximum atomic E-state index is 13.5. The number of halogens is 1. The quantitative estimate of drug-likeness (QED) is 0.918. The van der Waals surface area contributed by atoms with Crippen molar-refractivity contribution in [2.24, 2.45) is 5.92 Å². The van der Waals surface area contributed by atoms with Crippen molar-refractivity contribution in [2.45, 2.75) is 25.9 Å². The molecule has 0 radical (unpaired) electrons. The first-order valence-electron chi connectivity index (χ1n) is 6.80. The predicted molar refractivity (Wildman–Crippen MR) is 77.2 cm³/mol. The normalized spacial score (nSPS) is 24.8. The van der Waals surface area contributed by atoms with Crippen LogP contribution in [0.5, 0.6) is 0 Å². The molecule has 20 heavy (non-hydrogen) atoms. The standard InChI is InChI=1S/C14H21FN2O2S/c1-11-10-17(20(2,18)19)8-7-14(11)16-9-12-5-3-4-6-13(12)15/h3-6,11,14,16H,7-10H2,1-2H3/t11-,14+/m1/s1. The number of hydrogen-bond donors (Lipinski definition) is 1. The van der Waals surface area contributed by atoms with E-state index in [9.17, 15) is 12.8 Å². The van der Waals surface area contributed by atoms with E-state index in [1.54, 1.807) is 12.1 Å². The van der Waals surface area contributed by atoms with Crippen molar-refractivity contribution in [1.82, 2.24) is 9.62 Å². The molecule has 0 amide bonds. The van der Waals surface area contributed by atoms with E-state index in [0.717, 1.165) is 6.42 Å². The van der Waals surface area contributed by atoms with Gasteiger partial charge in [0.2, 0.25) is 10.0 Å². The van der Waals surface area contributed by atoms with E-state index in [-0.39, 0.29) is 17.8 Å². The largest absolute Gasteiger partial charge is 0.309 e. The molecule has 2 atom stereocenters. The van der Waals surface area contributed by atoms with Crippen LogP contribution in [-0.4, -0.2) is 38.1 Å². The second-order valence-electron chi connectivity index (χ2n) is 5.47. The molecule has 1 aliphatic rings. The molecule has 1 fully saturated rings. The molecule has 1 saturated heterocycles. The summed E-state index contributed by atoms with van der Waals surface area (Å²) in [5.74, 6) is 0.00599. The second kappa shape index (κ2) is 6.20. The van der Waals surface area contributed by atoms with Crippen LogP contribution >= 0.6 is 0 Å². The summed E-state index contributed by atoms with van der Waals surface area (Å²) in [7, 11) is -3.11. The lowest BCUT2D eigenvalue weighted by Gasteiger charge is -2.36. The lowest BCUT2D eigenvalue weighted by atomic mass is 9.95. The molecular formula is C14H21FN2O2S. The van der Waals surface area contributed by atoms with E-state index in [0.29, 0.717) is 25.2 Å². The molecule has 1 N–H and O–H groups in total. The third-order valence-electron chi connectivity index (χ3n) is 3.85. The molecule has 0 bridgehead atoms. The summed E-state index contributed by atoms with van der Waals surface area (Å²) in [6.45, 7) is 3.54. The minimum Gasteiger partial charge on any atom is -0.309 e. The molecule has 1 aromatic rings. The fourth-order valence-corrected chi connectivity index (χ4v) is 3.54. The van der Waals surface area contributed by atoms with Crippen LogP contribution in [0.1, 0.15) is 18.9 Å². The van der Waals surface area contributed by atoms with Crippen LogP contribution in [0.25, 0.3) is 0 Å². The Hall–Kier alpha value is -0.980. The molecule has 0 aliphatic carbocycles. The van der Waals surface area contributed by atoms with E-state index in [2.05, 4.69) is 5.32 Å². The van der Waals surface area contributed by atoms with Gasteiger partial charge in [-0.1, -0.05) is 25.1 Å². The average Bonchev–Trinajstić information content (AvgIpc) is 2.38. The summed E-state index contributed by atoms with van der Waals surface area (Å²) in [4.78, 5) is 0. The van der Waals surface area contributed by atoms with E-state index in [1.165, 1.54) is 16.6 Å². The number of sulfonamides is 1. The minimum atomic E-state index is -3.11. The van der Waals surface area contributed by atoms with Gasteiger partial charge in [-0.05, 0) is 18.4 Å². The second-order valence-corrected chi connectivity index (χ2v) is 7.45. The van der Waals surface area contributed by atoms with Crippen molar-refractivity contribution >= 4 is 10.0 Å². The smallest absolute Gasteiger partial charge is 0.211 e. The highest BCUT2D eigenvalue weighted by molar-refractivity contribution is 7.88. The van der Waals surface area contributed by atoms with Gasteiger partial charge in [0.05, 0.1) is 6.26 Å². The summed E-state index contributed by atoms with van der Waals surface area (Å²) in [5, 5.41) is 3.34. The Labute approximate surface area is 120 Å². The Bertz CT molecular complexity index is 562. The van der Waals surface area contributed by atoms with Gasteiger partial charge >= 0.3 is 0 Å². The zero-order chi connectivity index (χ0) is 14.8. The minimum absolute atomic E-state index is 0.207. The molecule has 4 nitrogen and oxygen atoms in total. The van der Waals surface area contributed by atoms with Crippen LogP contribution < -0.4 is 5.32 Å². The summed E-state index contributed by atoms with van der Waals surface area (Å²) >= 11 is 0. The summed E-state index contributed by atoms with van der Waals surface area (Å²) in [6.07, 6.45) is 2.00.